The maximum Gasteiger partial charge on any atom is 0.251 e. The Kier molecular flexibility index (Phi) is 6.05. The quantitative estimate of drug-likeness (QED) is 0.659. The molecule has 0 bridgehead atoms. The molecule has 5 nitrogen and oxygen atoms in total. The summed E-state index contributed by atoms with van der Waals surface area (Å²) in [4.78, 5) is 24.1. The number of hydrogen-bond donors (Lipinski definition) is 2. The number of benzene rings is 2. The van der Waals surface area contributed by atoms with Gasteiger partial charge in [0.15, 0.2) is 0 Å². The van der Waals surface area contributed by atoms with Crippen LogP contribution in [0.4, 0.5) is 5.69 Å². The lowest BCUT2D eigenvalue weighted by Gasteiger charge is -2.07. The van der Waals surface area contributed by atoms with Gasteiger partial charge in [-0.1, -0.05) is 36.4 Å². The molecule has 0 aliphatic rings. The Morgan fingerprint density at radius 3 is 2.56 bits per heavy atom. The second-order valence-corrected chi connectivity index (χ2v) is 6.12. The van der Waals surface area contributed by atoms with E-state index in [1.54, 1.807) is 24.3 Å². The van der Waals surface area contributed by atoms with Gasteiger partial charge in [0, 0.05) is 36.2 Å². The van der Waals surface area contributed by atoms with E-state index in [0.29, 0.717) is 30.6 Å². The molecule has 1 heterocycles. The Bertz CT molecular complexity index is 916. The largest absolute Gasteiger partial charge is 0.461 e. The summed E-state index contributed by atoms with van der Waals surface area (Å²) in [6.07, 6.45) is 0.807. The van der Waals surface area contributed by atoms with E-state index in [1.165, 1.54) is 0 Å². The van der Waals surface area contributed by atoms with Crippen molar-refractivity contribution >= 4 is 17.5 Å². The highest BCUT2D eigenvalue weighted by atomic mass is 16.3. The van der Waals surface area contributed by atoms with Gasteiger partial charge in [0.25, 0.3) is 5.91 Å². The van der Waals surface area contributed by atoms with Crippen molar-refractivity contribution in [2.45, 2.75) is 19.8 Å². The number of rotatable bonds is 7. The number of carbonyl (C=O) groups excluding carboxylic acids is 2. The maximum atomic E-state index is 12.2. The molecule has 0 aliphatic heterocycles. The van der Waals surface area contributed by atoms with E-state index in [0.717, 1.165) is 17.1 Å². The van der Waals surface area contributed by atoms with Gasteiger partial charge >= 0.3 is 0 Å². The summed E-state index contributed by atoms with van der Waals surface area (Å²) in [7, 11) is 0. The van der Waals surface area contributed by atoms with Crippen LogP contribution in [-0.4, -0.2) is 18.4 Å². The van der Waals surface area contributed by atoms with Gasteiger partial charge in [-0.3, -0.25) is 9.59 Å². The molecule has 5 heteroatoms. The highest BCUT2D eigenvalue weighted by Gasteiger charge is 2.09. The summed E-state index contributed by atoms with van der Waals surface area (Å²) in [5.41, 5.74) is 2.14. The predicted octanol–water partition coefficient (Wildman–Crippen LogP) is 4.27. The monoisotopic (exact) mass is 362 g/mol. The zero-order valence-electron chi connectivity index (χ0n) is 15.2. The molecule has 0 aliphatic carbocycles. The topological polar surface area (TPSA) is 71.3 Å². The van der Waals surface area contributed by atoms with Crippen LogP contribution < -0.4 is 10.6 Å². The molecule has 3 aromatic rings. The SMILES string of the molecule is CCNC(=O)c1cccc(NC(=O)CCc2ccc(-c3ccccc3)o2)c1. The lowest BCUT2D eigenvalue weighted by Crippen LogP contribution is -2.22. The van der Waals surface area contributed by atoms with E-state index in [1.807, 2.05) is 49.4 Å². The molecule has 2 N–H and O–H groups in total. The standard InChI is InChI=1S/C22H22N2O3/c1-2-23-22(26)17-9-6-10-18(15-17)24-21(25)14-12-19-11-13-20(27-19)16-7-4-3-5-8-16/h3-11,13,15H,2,12,14H2,1H3,(H,23,26)(H,24,25). The van der Waals surface area contributed by atoms with Crippen LogP contribution in [0, 0.1) is 0 Å². The average molecular weight is 362 g/mol. The van der Waals surface area contributed by atoms with Gasteiger partial charge in [-0.25, -0.2) is 0 Å². The fourth-order valence-electron chi connectivity index (χ4n) is 2.73. The Morgan fingerprint density at radius 1 is 0.963 bits per heavy atom. The second kappa shape index (κ2) is 8.85. The highest BCUT2D eigenvalue weighted by Crippen LogP contribution is 2.22. The van der Waals surface area contributed by atoms with Crippen molar-refractivity contribution < 1.29 is 14.0 Å². The molecule has 3 rings (SSSR count). The van der Waals surface area contributed by atoms with Crippen LogP contribution in [0.5, 0.6) is 0 Å². The van der Waals surface area contributed by atoms with Crippen LogP contribution in [0.1, 0.15) is 29.5 Å². The molecular formula is C22H22N2O3. The number of nitrogens with one attached hydrogen (secondary N) is 2. The Hall–Kier alpha value is -3.34. The van der Waals surface area contributed by atoms with Crippen LogP contribution in [0.15, 0.2) is 71.1 Å². The van der Waals surface area contributed by atoms with Crippen molar-refractivity contribution in [2.24, 2.45) is 0 Å². The molecule has 0 saturated carbocycles. The summed E-state index contributed by atoms with van der Waals surface area (Å²) in [6, 6.07) is 20.5. The number of amides is 2. The van der Waals surface area contributed by atoms with Crippen molar-refractivity contribution in [1.82, 2.24) is 5.32 Å². The zero-order valence-corrected chi connectivity index (χ0v) is 15.2. The third-order valence-electron chi connectivity index (χ3n) is 4.06. The molecule has 0 radical (unpaired) electrons. The Morgan fingerprint density at radius 2 is 1.78 bits per heavy atom. The minimum absolute atomic E-state index is 0.124. The molecule has 0 unspecified atom stereocenters. The van der Waals surface area contributed by atoms with Gasteiger partial charge in [0.2, 0.25) is 5.91 Å². The summed E-state index contributed by atoms with van der Waals surface area (Å²) in [5.74, 6) is 1.28. The lowest BCUT2D eigenvalue weighted by molar-refractivity contribution is -0.116. The number of hydrogen-bond acceptors (Lipinski definition) is 3. The van der Waals surface area contributed by atoms with E-state index in [4.69, 9.17) is 4.42 Å². The summed E-state index contributed by atoms with van der Waals surface area (Å²) < 4.78 is 5.81. The molecule has 2 amide bonds. The van der Waals surface area contributed by atoms with E-state index in [-0.39, 0.29) is 11.8 Å². The lowest BCUT2D eigenvalue weighted by atomic mass is 10.1. The minimum atomic E-state index is -0.155. The fourth-order valence-corrected chi connectivity index (χ4v) is 2.73. The van der Waals surface area contributed by atoms with Crippen molar-refractivity contribution in [3.63, 3.8) is 0 Å². The molecule has 138 valence electrons. The third-order valence-corrected chi connectivity index (χ3v) is 4.06. The van der Waals surface area contributed by atoms with Gasteiger partial charge in [-0.05, 0) is 37.3 Å². The number of carbonyl (C=O) groups is 2. The zero-order chi connectivity index (χ0) is 19.1. The first kappa shape index (κ1) is 18.5. The Labute approximate surface area is 158 Å². The van der Waals surface area contributed by atoms with E-state index >= 15 is 0 Å². The molecule has 0 spiro atoms. The van der Waals surface area contributed by atoms with Gasteiger partial charge in [-0.15, -0.1) is 0 Å². The van der Waals surface area contributed by atoms with Crippen LogP contribution in [0.2, 0.25) is 0 Å². The number of furan rings is 1. The minimum Gasteiger partial charge on any atom is -0.461 e. The molecular weight excluding hydrogens is 340 g/mol. The van der Waals surface area contributed by atoms with Crippen LogP contribution >= 0.6 is 0 Å². The first-order chi connectivity index (χ1) is 13.2. The van der Waals surface area contributed by atoms with Gasteiger partial charge in [-0.2, -0.15) is 0 Å². The van der Waals surface area contributed by atoms with Crippen molar-refractivity contribution in [3.8, 4) is 11.3 Å². The highest BCUT2D eigenvalue weighted by molar-refractivity contribution is 5.97. The molecule has 0 fully saturated rings. The van der Waals surface area contributed by atoms with Crippen molar-refractivity contribution in [1.29, 1.82) is 0 Å². The van der Waals surface area contributed by atoms with E-state index in [2.05, 4.69) is 10.6 Å². The second-order valence-electron chi connectivity index (χ2n) is 6.12. The molecule has 0 atom stereocenters. The molecule has 27 heavy (non-hydrogen) atoms. The van der Waals surface area contributed by atoms with E-state index in [9.17, 15) is 9.59 Å². The third kappa shape index (κ3) is 5.07. The van der Waals surface area contributed by atoms with Crippen LogP contribution in [0.3, 0.4) is 0 Å². The Balaban J connectivity index is 1.55. The predicted molar refractivity (Wildman–Crippen MR) is 106 cm³/mol. The first-order valence-electron chi connectivity index (χ1n) is 8.98. The molecule has 0 saturated heterocycles. The molecule has 1 aromatic heterocycles. The van der Waals surface area contributed by atoms with Gasteiger partial charge < -0.3 is 15.1 Å². The maximum absolute atomic E-state index is 12.2. The average Bonchev–Trinajstić information content (AvgIpc) is 3.17. The fraction of sp³-hybridized carbons (Fsp3) is 0.182. The van der Waals surface area contributed by atoms with E-state index < -0.39 is 0 Å². The normalized spacial score (nSPS) is 10.4. The summed E-state index contributed by atoms with van der Waals surface area (Å²) >= 11 is 0. The van der Waals surface area contributed by atoms with Crippen molar-refractivity contribution in [2.75, 3.05) is 11.9 Å². The van der Waals surface area contributed by atoms with Gasteiger partial charge in [0.1, 0.15) is 11.5 Å². The summed E-state index contributed by atoms with van der Waals surface area (Å²) in [5, 5.41) is 5.57. The number of aryl methyl sites for hydroxylation is 1. The first-order valence-corrected chi connectivity index (χ1v) is 8.98. The molecule has 2 aromatic carbocycles. The summed E-state index contributed by atoms with van der Waals surface area (Å²) in [6.45, 7) is 2.42. The van der Waals surface area contributed by atoms with Crippen LogP contribution in [0.25, 0.3) is 11.3 Å². The van der Waals surface area contributed by atoms with Crippen LogP contribution in [-0.2, 0) is 11.2 Å². The van der Waals surface area contributed by atoms with Gasteiger partial charge in [0.05, 0.1) is 0 Å². The van der Waals surface area contributed by atoms with Crippen molar-refractivity contribution in [3.05, 3.63) is 78.1 Å². The number of anilines is 1. The smallest absolute Gasteiger partial charge is 0.251 e.